The third-order valence-electron chi connectivity index (χ3n) is 4.60. The van der Waals surface area contributed by atoms with E-state index in [1.807, 2.05) is 24.3 Å². The van der Waals surface area contributed by atoms with Crippen LogP contribution in [0.4, 0.5) is 0 Å². The second-order valence-electron chi connectivity index (χ2n) is 6.76. The van der Waals surface area contributed by atoms with Gasteiger partial charge in [-0.05, 0) is 45.3 Å². The number of ether oxygens (including phenoxy) is 2. The summed E-state index contributed by atoms with van der Waals surface area (Å²) in [5, 5.41) is 0. The van der Waals surface area contributed by atoms with Crippen molar-refractivity contribution in [3.63, 3.8) is 0 Å². The minimum Gasteiger partial charge on any atom is -0.488 e. The monoisotopic (exact) mass is 290 g/mol. The molecule has 2 aliphatic heterocycles. The molecule has 2 saturated heterocycles. The standard InChI is InChI=1S/C16H23BO4/c1-15(2)16(3,4)21-17(20-15)12-5-7-13(8-6-12)19-14-9-10-18-11-14/h5-8,14H,9-11H2,1-4H3. The highest BCUT2D eigenvalue weighted by molar-refractivity contribution is 6.62. The van der Waals surface area contributed by atoms with Gasteiger partial charge in [-0.3, -0.25) is 0 Å². The van der Waals surface area contributed by atoms with Crippen LogP contribution in [0.15, 0.2) is 24.3 Å². The van der Waals surface area contributed by atoms with E-state index in [1.54, 1.807) is 0 Å². The van der Waals surface area contributed by atoms with Crippen molar-refractivity contribution in [3.05, 3.63) is 24.3 Å². The molecule has 1 unspecified atom stereocenters. The van der Waals surface area contributed by atoms with Crippen LogP contribution in [0.25, 0.3) is 0 Å². The molecule has 21 heavy (non-hydrogen) atoms. The molecule has 114 valence electrons. The summed E-state index contributed by atoms with van der Waals surface area (Å²) in [6.07, 6.45) is 1.13. The van der Waals surface area contributed by atoms with Crippen LogP contribution >= 0.6 is 0 Å². The first kappa shape index (κ1) is 14.9. The highest BCUT2D eigenvalue weighted by atomic mass is 16.7. The summed E-state index contributed by atoms with van der Waals surface area (Å²) in [4.78, 5) is 0. The molecule has 0 radical (unpaired) electrons. The number of hydrogen-bond acceptors (Lipinski definition) is 4. The summed E-state index contributed by atoms with van der Waals surface area (Å²) in [5.74, 6) is 0.866. The predicted molar refractivity (Wildman–Crippen MR) is 82.0 cm³/mol. The van der Waals surface area contributed by atoms with Gasteiger partial charge in [0.2, 0.25) is 0 Å². The molecule has 1 atom stereocenters. The highest BCUT2D eigenvalue weighted by Crippen LogP contribution is 2.36. The second kappa shape index (κ2) is 5.31. The van der Waals surface area contributed by atoms with Gasteiger partial charge in [0.15, 0.2) is 0 Å². The first-order chi connectivity index (χ1) is 9.87. The zero-order chi connectivity index (χ0) is 15.1. The Labute approximate surface area is 126 Å². The molecule has 0 spiro atoms. The molecule has 0 amide bonds. The molecule has 4 nitrogen and oxygen atoms in total. The van der Waals surface area contributed by atoms with Crippen molar-refractivity contribution in [1.29, 1.82) is 0 Å². The van der Waals surface area contributed by atoms with E-state index in [0.29, 0.717) is 6.61 Å². The quantitative estimate of drug-likeness (QED) is 0.799. The van der Waals surface area contributed by atoms with Crippen molar-refractivity contribution in [2.24, 2.45) is 0 Å². The largest absolute Gasteiger partial charge is 0.494 e. The molecule has 0 N–H and O–H groups in total. The number of benzene rings is 1. The first-order valence-electron chi connectivity index (χ1n) is 7.57. The van der Waals surface area contributed by atoms with Gasteiger partial charge in [-0.25, -0.2) is 0 Å². The maximum Gasteiger partial charge on any atom is 0.494 e. The van der Waals surface area contributed by atoms with Gasteiger partial charge < -0.3 is 18.8 Å². The Kier molecular flexibility index (Phi) is 3.76. The van der Waals surface area contributed by atoms with Crippen molar-refractivity contribution in [1.82, 2.24) is 0 Å². The van der Waals surface area contributed by atoms with Crippen LogP contribution in [0.5, 0.6) is 5.75 Å². The summed E-state index contributed by atoms with van der Waals surface area (Å²) in [6, 6.07) is 7.96. The van der Waals surface area contributed by atoms with E-state index < -0.39 is 0 Å². The molecule has 0 bridgehead atoms. The summed E-state index contributed by atoms with van der Waals surface area (Å²) >= 11 is 0. The fourth-order valence-electron chi connectivity index (χ4n) is 2.48. The lowest BCUT2D eigenvalue weighted by molar-refractivity contribution is 0.00578. The first-order valence-corrected chi connectivity index (χ1v) is 7.57. The van der Waals surface area contributed by atoms with Crippen LogP contribution in [-0.2, 0) is 14.0 Å². The van der Waals surface area contributed by atoms with Crippen LogP contribution in [-0.4, -0.2) is 37.6 Å². The van der Waals surface area contributed by atoms with Gasteiger partial charge in [0, 0.05) is 6.42 Å². The van der Waals surface area contributed by atoms with Gasteiger partial charge >= 0.3 is 7.12 Å². The lowest BCUT2D eigenvalue weighted by Crippen LogP contribution is -2.41. The Hall–Kier alpha value is -1.04. The van der Waals surface area contributed by atoms with Crippen LogP contribution in [0.3, 0.4) is 0 Å². The molecule has 5 heteroatoms. The fourth-order valence-corrected chi connectivity index (χ4v) is 2.48. The van der Waals surface area contributed by atoms with Crippen LogP contribution in [0.1, 0.15) is 34.1 Å². The molecule has 1 aromatic rings. The molecule has 1 aromatic carbocycles. The Bertz CT molecular complexity index is 476. The van der Waals surface area contributed by atoms with Crippen LogP contribution in [0, 0.1) is 0 Å². The van der Waals surface area contributed by atoms with Gasteiger partial charge in [0.05, 0.1) is 24.4 Å². The molecular formula is C16H23BO4. The Balaban J connectivity index is 1.67. The molecule has 0 aliphatic carbocycles. The van der Waals surface area contributed by atoms with Crippen LogP contribution < -0.4 is 10.2 Å². The van der Waals surface area contributed by atoms with Crippen molar-refractivity contribution in [3.8, 4) is 5.75 Å². The van der Waals surface area contributed by atoms with Gasteiger partial charge in [-0.15, -0.1) is 0 Å². The predicted octanol–water partition coefficient (Wildman–Crippen LogP) is 2.15. The van der Waals surface area contributed by atoms with Gasteiger partial charge in [-0.2, -0.15) is 0 Å². The summed E-state index contributed by atoms with van der Waals surface area (Å²) < 4.78 is 23.3. The van der Waals surface area contributed by atoms with Crippen LogP contribution in [0.2, 0.25) is 0 Å². The van der Waals surface area contributed by atoms with Gasteiger partial charge in [0.25, 0.3) is 0 Å². The molecule has 3 rings (SSSR count). The minimum absolute atomic E-state index is 0.174. The van der Waals surface area contributed by atoms with Gasteiger partial charge in [0.1, 0.15) is 11.9 Å². The highest BCUT2D eigenvalue weighted by Gasteiger charge is 2.51. The summed E-state index contributed by atoms with van der Waals surface area (Å²) in [7, 11) is -0.320. The maximum absolute atomic E-state index is 6.04. The maximum atomic E-state index is 6.04. The molecule has 2 aliphatic rings. The van der Waals surface area contributed by atoms with E-state index >= 15 is 0 Å². The summed E-state index contributed by atoms with van der Waals surface area (Å²) in [6.45, 7) is 9.71. The molecular weight excluding hydrogens is 267 g/mol. The van der Waals surface area contributed by atoms with E-state index in [1.165, 1.54) is 0 Å². The van der Waals surface area contributed by atoms with E-state index in [9.17, 15) is 0 Å². The number of rotatable bonds is 3. The van der Waals surface area contributed by atoms with E-state index in [2.05, 4.69) is 27.7 Å². The van der Waals surface area contributed by atoms with E-state index in [4.69, 9.17) is 18.8 Å². The van der Waals surface area contributed by atoms with Crippen molar-refractivity contribution < 1.29 is 18.8 Å². The fraction of sp³-hybridized carbons (Fsp3) is 0.625. The van der Waals surface area contributed by atoms with Crippen molar-refractivity contribution in [2.75, 3.05) is 13.2 Å². The zero-order valence-corrected chi connectivity index (χ0v) is 13.2. The molecule has 2 heterocycles. The third-order valence-corrected chi connectivity index (χ3v) is 4.60. The average molecular weight is 290 g/mol. The topological polar surface area (TPSA) is 36.9 Å². The summed E-state index contributed by atoms with van der Waals surface area (Å²) in [5.41, 5.74) is 0.394. The smallest absolute Gasteiger partial charge is 0.488 e. The Morgan fingerprint density at radius 1 is 1.05 bits per heavy atom. The molecule has 2 fully saturated rings. The van der Waals surface area contributed by atoms with E-state index in [0.717, 1.165) is 24.2 Å². The van der Waals surface area contributed by atoms with Gasteiger partial charge in [-0.1, -0.05) is 12.1 Å². The lowest BCUT2D eigenvalue weighted by atomic mass is 9.79. The minimum atomic E-state index is -0.320. The number of hydrogen-bond donors (Lipinski definition) is 0. The Morgan fingerprint density at radius 2 is 1.67 bits per heavy atom. The SMILES string of the molecule is CC1(C)OB(c2ccc(OC3CCOC3)cc2)OC1(C)C. The second-order valence-corrected chi connectivity index (χ2v) is 6.76. The zero-order valence-electron chi connectivity index (χ0n) is 13.2. The third kappa shape index (κ3) is 2.96. The normalized spacial score (nSPS) is 27.0. The van der Waals surface area contributed by atoms with Crippen molar-refractivity contribution >= 4 is 12.6 Å². The Morgan fingerprint density at radius 3 is 2.19 bits per heavy atom. The molecule has 0 aromatic heterocycles. The molecule has 0 saturated carbocycles. The lowest BCUT2D eigenvalue weighted by Gasteiger charge is -2.32. The van der Waals surface area contributed by atoms with Crippen molar-refractivity contribution in [2.45, 2.75) is 51.4 Å². The van der Waals surface area contributed by atoms with E-state index in [-0.39, 0.29) is 24.4 Å². The average Bonchev–Trinajstić information content (AvgIpc) is 2.97.